The van der Waals surface area contributed by atoms with Crippen molar-refractivity contribution in [3.8, 4) is 22.6 Å². The number of thiophene rings is 1. The summed E-state index contributed by atoms with van der Waals surface area (Å²) in [5.74, 6) is 0.923. The number of ether oxygens (including phenoxy) is 3. The Balaban J connectivity index is 2.08. The van der Waals surface area contributed by atoms with Crippen LogP contribution in [0.5, 0.6) is 11.5 Å². The Kier molecular flexibility index (Phi) is 7.58. The van der Waals surface area contributed by atoms with Crippen LogP contribution in [-0.4, -0.2) is 56.3 Å². The molecule has 3 heterocycles. The SMILES string of the molecule is CCOC(=O)c1c(CN(CC)CC)nc2sc3c(c2c1-c1ccc(OC)c(OC)c1)CCCN3. The third-order valence-electron chi connectivity index (χ3n) is 6.32. The number of aromatic nitrogens is 1. The van der Waals surface area contributed by atoms with Crippen LogP contribution in [0.4, 0.5) is 5.00 Å². The van der Waals surface area contributed by atoms with Gasteiger partial charge in [-0.25, -0.2) is 9.78 Å². The number of nitrogens with zero attached hydrogens (tertiary/aromatic N) is 2. The molecule has 8 heteroatoms. The molecule has 0 saturated carbocycles. The first kappa shape index (κ1) is 24.3. The second kappa shape index (κ2) is 10.6. The van der Waals surface area contributed by atoms with Crippen LogP contribution >= 0.6 is 11.3 Å². The minimum Gasteiger partial charge on any atom is -0.493 e. The normalized spacial score (nSPS) is 13.0. The van der Waals surface area contributed by atoms with Gasteiger partial charge in [0.25, 0.3) is 0 Å². The topological polar surface area (TPSA) is 72.9 Å². The van der Waals surface area contributed by atoms with Gasteiger partial charge in [0, 0.05) is 24.0 Å². The molecule has 0 radical (unpaired) electrons. The van der Waals surface area contributed by atoms with E-state index in [1.165, 1.54) is 5.56 Å². The summed E-state index contributed by atoms with van der Waals surface area (Å²) in [5, 5.41) is 5.71. The Morgan fingerprint density at radius 1 is 1.15 bits per heavy atom. The molecule has 1 aliphatic rings. The van der Waals surface area contributed by atoms with E-state index in [2.05, 4.69) is 24.1 Å². The smallest absolute Gasteiger partial charge is 0.340 e. The molecule has 34 heavy (non-hydrogen) atoms. The molecule has 182 valence electrons. The van der Waals surface area contributed by atoms with Crippen LogP contribution in [-0.2, 0) is 17.7 Å². The standard InChI is InChI=1S/C26H33N3O4S/c1-6-29(7-2)15-18-23(26(30)33-8-3)21(16-11-12-19(31-4)20(14-16)32-5)22-17-10-9-13-27-24(17)34-25(22)28-18/h11-12,14,27H,6-10,13,15H2,1-5H3. The van der Waals surface area contributed by atoms with E-state index in [0.717, 1.165) is 64.5 Å². The minimum atomic E-state index is -0.340. The molecule has 0 saturated heterocycles. The molecule has 4 rings (SSSR count). The molecular weight excluding hydrogens is 450 g/mol. The van der Waals surface area contributed by atoms with Gasteiger partial charge in [-0.3, -0.25) is 4.90 Å². The molecule has 1 aliphatic heterocycles. The van der Waals surface area contributed by atoms with Crippen LogP contribution in [0.15, 0.2) is 18.2 Å². The van der Waals surface area contributed by atoms with Gasteiger partial charge in [-0.05, 0) is 56.1 Å². The second-order valence-electron chi connectivity index (χ2n) is 8.18. The molecule has 3 aromatic rings. The number of fused-ring (bicyclic) bond motifs is 3. The number of methoxy groups -OCH3 is 2. The van der Waals surface area contributed by atoms with Gasteiger partial charge in [0.2, 0.25) is 0 Å². The van der Waals surface area contributed by atoms with Crippen LogP contribution in [0.1, 0.15) is 48.8 Å². The maximum absolute atomic E-state index is 13.5. The summed E-state index contributed by atoms with van der Waals surface area (Å²) in [6, 6.07) is 5.81. The lowest BCUT2D eigenvalue weighted by Crippen LogP contribution is -2.25. The third-order valence-corrected chi connectivity index (χ3v) is 7.41. The maximum atomic E-state index is 13.5. The molecule has 7 nitrogen and oxygen atoms in total. The average molecular weight is 484 g/mol. The molecule has 0 atom stereocenters. The lowest BCUT2D eigenvalue weighted by atomic mass is 9.91. The molecule has 2 aromatic heterocycles. The minimum absolute atomic E-state index is 0.302. The second-order valence-corrected chi connectivity index (χ2v) is 9.18. The number of nitrogens with one attached hydrogen (secondary N) is 1. The lowest BCUT2D eigenvalue weighted by molar-refractivity contribution is 0.0524. The first-order valence-corrected chi connectivity index (χ1v) is 12.7. The number of hydrogen-bond acceptors (Lipinski definition) is 8. The maximum Gasteiger partial charge on any atom is 0.340 e. The first-order chi connectivity index (χ1) is 16.6. The zero-order chi connectivity index (χ0) is 24.2. The number of benzene rings is 1. The molecule has 0 aliphatic carbocycles. The molecule has 0 spiro atoms. The van der Waals surface area contributed by atoms with Crippen molar-refractivity contribution in [3.05, 3.63) is 35.0 Å². The Morgan fingerprint density at radius 2 is 1.91 bits per heavy atom. The fourth-order valence-electron chi connectivity index (χ4n) is 4.56. The number of carbonyl (C=O) groups excluding carboxylic acids is 1. The first-order valence-electron chi connectivity index (χ1n) is 11.9. The molecule has 0 amide bonds. The van der Waals surface area contributed by atoms with Gasteiger partial charge in [-0.2, -0.15) is 0 Å². The predicted molar refractivity (Wildman–Crippen MR) is 138 cm³/mol. The van der Waals surface area contributed by atoms with E-state index in [0.29, 0.717) is 30.2 Å². The van der Waals surface area contributed by atoms with Crippen molar-refractivity contribution in [2.24, 2.45) is 0 Å². The molecule has 0 bridgehead atoms. The number of pyridine rings is 1. The van der Waals surface area contributed by atoms with Crippen molar-refractivity contribution in [1.82, 2.24) is 9.88 Å². The zero-order valence-corrected chi connectivity index (χ0v) is 21.4. The highest BCUT2D eigenvalue weighted by Crippen LogP contribution is 2.46. The van der Waals surface area contributed by atoms with Crippen LogP contribution < -0.4 is 14.8 Å². The summed E-state index contributed by atoms with van der Waals surface area (Å²) >= 11 is 1.67. The van der Waals surface area contributed by atoms with E-state index >= 15 is 0 Å². The fourth-order valence-corrected chi connectivity index (χ4v) is 5.74. The van der Waals surface area contributed by atoms with Crippen molar-refractivity contribution in [2.75, 3.05) is 45.8 Å². The van der Waals surface area contributed by atoms with Gasteiger partial charge < -0.3 is 19.5 Å². The summed E-state index contributed by atoms with van der Waals surface area (Å²) in [6.45, 7) is 9.63. The fraction of sp³-hybridized carbons (Fsp3) is 0.462. The number of carbonyl (C=O) groups is 1. The summed E-state index contributed by atoms with van der Waals surface area (Å²) in [5.41, 5.74) is 4.27. The molecular formula is C26H33N3O4S. The quantitative estimate of drug-likeness (QED) is 0.411. The van der Waals surface area contributed by atoms with Gasteiger partial charge in [-0.1, -0.05) is 31.3 Å². The monoisotopic (exact) mass is 483 g/mol. The number of rotatable bonds is 9. The van der Waals surface area contributed by atoms with Crippen molar-refractivity contribution in [2.45, 2.75) is 40.2 Å². The molecule has 1 N–H and O–H groups in total. The summed E-state index contributed by atoms with van der Waals surface area (Å²) in [7, 11) is 3.24. The number of hydrogen-bond donors (Lipinski definition) is 1. The van der Waals surface area contributed by atoms with E-state index in [1.807, 2.05) is 25.1 Å². The van der Waals surface area contributed by atoms with Crippen molar-refractivity contribution in [3.63, 3.8) is 0 Å². The van der Waals surface area contributed by atoms with Crippen molar-refractivity contribution >= 4 is 32.5 Å². The van der Waals surface area contributed by atoms with Crippen molar-refractivity contribution in [1.29, 1.82) is 0 Å². The largest absolute Gasteiger partial charge is 0.493 e. The van der Waals surface area contributed by atoms with Gasteiger partial charge in [-0.15, -0.1) is 0 Å². The number of aryl methyl sites for hydroxylation is 1. The Bertz CT molecular complexity index is 1190. The van der Waals surface area contributed by atoms with Crippen LogP contribution in [0.25, 0.3) is 21.3 Å². The number of esters is 1. The Morgan fingerprint density at radius 3 is 2.59 bits per heavy atom. The van der Waals surface area contributed by atoms with E-state index in [1.54, 1.807) is 25.6 Å². The third kappa shape index (κ3) is 4.44. The Hall–Kier alpha value is -2.84. The van der Waals surface area contributed by atoms with E-state index < -0.39 is 0 Å². The van der Waals surface area contributed by atoms with Crippen LogP contribution in [0.2, 0.25) is 0 Å². The highest BCUT2D eigenvalue weighted by atomic mass is 32.1. The zero-order valence-electron chi connectivity index (χ0n) is 20.6. The summed E-state index contributed by atoms with van der Waals surface area (Å²) in [4.78, 5) is 21.8. The molecule has 0 unspecified atom stereocenters. The van der Waals surface area contributed by atoms with E-state index in [-0.39, 0.29) is 5.97 Å². The van der Waals surface area contributed by atoms with Gasteiger partial charge in [0.1, 0.15) is 4.83 Å². The van der Waals surface area contributed by atoms with E-state index in [4.69, 9.17) is 19.2 Å². The lowest BCUT2D eigenvalue weighted by Gasteiger charge is -2.22. The van der Waals surface area contributed by atoms with E-state index in [9.17, 15) is 4.79 Å². The van der Waals surface area contributed by atoms with Gasteiger partial charge >= 0.3 is 5.97 Å². The van der Waals surface area contributed by atoms with Crippen molar-refractivity contribution < 1.29 is 19.0 Å². The number of anilines is 1. The highest BCUT2D eigenvalue weighted by Gasteiger charge is 2.29. The van der Waals surface area contributed by atoms with Gasteiger partial charge in [0.15, 0.2) is 11.5 Å². The molecule has 0 fully saturated rings. The molecule has 1 aromatic carbocycles. The predicted octanol–water partition coefficient (Wildman–Crippen LogP) is 5.36. The summed E-state index contributed by atoms with van der Waals surface area (Å²) < 4.78 is 16.7. The van der Waals surface area contributed by atoms with Gasteiger partial charge in [0.05, 0.1) is 37.1 Å². The van der Waals surface area contributed by atoms with Crippen LogP contribution in [0, 0.1) is 0 Å². The summed E-state index contributed by atoms with van der Waals surface area (Å²) in [6.07, 6.45) is 1.99. The Labute approximate surface area is 205 Å². The van der Waals surface area contributed by atoms with Crippen LogP contribution in [0.3, 0.4) is 0 Å². The highest BCUT2D eigenvalue weighted by molar-refractivity contribution is 7.22. The average Bonchev–Trinajstić information content (AvgIpc) is 3.24.